The minimum absolute atomic E-state index is 0.235. The SMILES string of the molecule is Cc1cc(Cl)ccc1N1C(=O)C(c2cccs2)=C(N(C)C2CCN(C)CC2)C1=O. The summed E-state index contributed by atoms with van der Waals surface area (Å²) in [4.78, 5) is 33.5. The number of halogens is 1. The van der Waals surface area contributed by atoms with Crippen LogP contribution >= 0.6 is 22.9 Å². The normalized spacial score (nSPS) is 18.8. The van der Waals surface area contributed by atoms with E-state index in [4.69, 9.17) is 11.6 Å². The zero-order valence-electron chi connectivity index (χ0n) is 16.8. The summed E-state index contributed by atoms with van der Waals surface area (Å²) in [5.41, 5.74) is 2.39. The van der Waals surface area contributed by atoms with E-state index in [-0.39, 0.29) is 17.9 Å². The van der Waals surface area contributed by atoms with Crippen LogP contribution < -0.4 is 4.90 Å². The van der Waals surface area contributed by atoms with Crippen LogP contribution in [0.2, 0.25) is 5.02 Å². The Morgan fingerprint density at radius 1 is 1.14 bits per heavy atom. The monoisotopic (exact) mass is 429 g/mol. The fourth-order valence-corrected chi connectivity index (χ4v) is 5.13. The van der Waals surface area contributed by atoms with Gasteiger partial charge in [0.25, 0.3) is 11.8 Å². The second-order valence-electron chi connectivity index (χ2n) is 7.72. The predicted octanol–water partition coefficient (Wildman–Crippen LogP) is 4.02. The molecule has 29 heavy (non-hydrogen) atoms. The molecule has 5 nitrogen and oxygen atoms in total. The third-order valence-electron chi connectivity index (χ3n) is 5.82. The first-order valence-electron chi connectivity index (χ1n) is 9.73. The van der Waals surface area contributed by atoms with Gasteiger partial charge >= 0.3 is 0 Å². The molecule has 2 aliphatic rings. The van der Waals surface area contributed by atoms with Crippen LogP contribution in [0.5, 0.6) is 0 Å². The first kappa shape index (κ1) is 20.1. The summed E-state index contributed by atoms with van der Waals surface area (Å²) >= 11 is 7.57. The molecule has 152 valence electrons. The first-order valence-corrected chi connectivity index (χ1v) is 11.0. The summed E-state index contributed by atoms with van der Waals surface area (Å²) in [6.45, 7) is 3.84. The lowest BCUT2D eigenvalue weighted by Gasteiger charge is -2.36. The third-order valence-corrected chi connectivity index (χ3v) is 6.94. The van der Waals surface area contributed by atoms with Gasteiger partial charge in [-0.15, -0.1) is 11.3 Å². The molecule has 1 aromatic carbocycles. The van der Waals surface area contributed by atoms with E-state index < -0.39 is 0 Å². The Balaban J connectivity index is 1.77. The van der Waals surface area contributed by atoms with E-state index in [2.05, 4.69) is 11.9 Å². The van der Waals surface area contributed by atoms with Gasteiger partial charge in [-0.05, 0) is 75.1 Å². The maximum Gasteiger partial charge on any atom is 0.282 e. The quantitative estimate of drug-likeness (QED) is 0.688. The van der Waals surface area contributed by atoms with E-state index in [1.54, 1.807) is 18.2 Å². The van der Waals surface area contributed by atoms with Crippen molar-refractivity contribution in [1.82, 2.24) is 9.80 Å². The molecule has 1 fully saturated rings. The zero-order chi connectivity index (χ0) is 20.7. The number of likely N-dealkylation sites (N-methyl/N-ethyl adjacent to an activating group) is 1. The molecule has 1 saturated heterocycles. The molecule has 0 N–H and O–H groups in total. The molecule has 0 bridgehead atoms. The minimum atomic E-state index is -0.266. The smallest absolute Gasteiger partial charge is 0.282 e. The van der Waals surface area contributed by atoms with Crippen LogP contribution in [-0.4, -0.2) is 54.8 Å². The van der Waals surface area contributed by atoms with Gasteiger partial charge in [-0.3, -0.25) is 9.59 Å². The van der Waals surface area contributed by atoms with Crippen LogP contribution in [0.4, 0.5) is 5.69 Å². The van der Waals surface area contributed by atoms with Gasteiger partial charge in [0, 0.05) is 23.0 Å². The topological polar surface area (TPSA) is 43.9 Å². The van der Waals surface area contributed by atoms with Crippen LogP contribution in [-0.2, 0) is 9.59 Å². The molecule has 0 atom stereocenters. The number of hydrogen-bond donors (Lipinski definition) is 0. The fraction of sp³-hybridized carbons (Fsp3) is 0.364. The highest BCUT2D eigenvalue weighted by molar-refractivity contribution is 7.11. The molecule has 1 aromatic heterocycles. The molecule has 3 heterocycles. The number of hydrogen-bond acceptors (Lipinski definition) is 5. The molecule has 2 amide bonds. The van der Waals surface area contributed by atoms with E-state index in [0.717, 1.165) is 36.4 Å². The second-order valence-corrected chi connectivity index (χ2v) is 9.11. The molecule has 0 spiro atoms. The highest BCUT2D eigenvalue weighted by atomic mass is 35.5. The summed E-state index contributed by atoms with van der Waals surface area (Å²) in [7, 11) is 4.06. The van der Waals surface area contributed by atoms with Crippen LogP contribution in [0.1, 0.15) is 23.3 Å². The molecule has 2 aliphatic heterocycles. The highest BCUT2D eigenvalue weighted by Crippen LogP contribution is 2.38. The average molecular weight is 430 g/mol. The van der Waals surface area contributed by atoms with Gasteiger partial charge < -0.3 is 9.80 Å². The number of carbonyl (C=O) groups excluding carboxylic acids is 2. The van der Waals surface area contributed by atoms with Crippen molar-refractivity contribution >= 4 is 46.0 Å². The van der Waals surface area contributed by atoms with Crippen molar-refractivity contribution in [3.8, 4) is 0 Å². The second kappa shape index (κ2) is 7.94. The number of carbonyl (C=O) groups is 2. The Hall–Kier alpha value is -2.15. The summed E-state index contributed by atoms with van der Waals surface area (Å²) < 4.78 is 0. The van der Waals surface area contributed by atoms with Crippen molar-refractivity contribution in [3.63, 3.8) is 0 Å². The molecule has 4 rings (SSSR count). The third kappa shape index (κ3) is 3.61. The van der Waals surface area contributed by atoms with Crippen molar-refractivity contribution in [2.75, 3.05) is 32.1 Å². The van der Waals surface area contributed by atoms with Crippen molar-refractivity contribution in [2.24, 2.45) is 0 Å². The number of nitrogens with zero attached hydrogens (tertiary/aromatic N) is 3. The number of thiophene rings is 1. The van der Waals surface area contributed by atoms with Crippen LogP contribution in [0.25, 0.3) is 5.57 Å². The number of piperidine rings is 1. The van der Waals surface area contributed by atoms with Crippen molar-refractivity contribution in [2.45, 2.75) is 25.8 Å². The summed E-state index contributed by atoms with van der Waals surface area (Å²) in [6, 6.07) is 9.30. The van der Waals surface area contributed by atoms with Gasteiger partial charge in [0.2, 0.25) is 0 Å². The van der Waals surface area contributed by atoms with Crippen molar-refractivity contribution in [1.29, 1.82) is 0 Å². The first-order chi connectivity index (χ1) is 13.9. The van der Waals surface area contributed by atoms with Crippen molar-refractivity contribution < 1.29 is 9.59 Å². The Morgan fingerprint density at radius 2 is 1.86 bits per heavy atom. The molecule has 0 saturated carbocycles. The largest absolute Gasteiger partial charge is 0.366 e. The number of likely N-dealkylation sites (tertiary alicyclic amines) is 1. The lowest BCUT2D eigenvalue weighted by atomic mass is 10.0. The fourth-order valence-electron chi connectivity index (χ4n) is 4.14. The zero-order valence-corrected chi connectivity index (χ0v) is 18.4. The van der Waals surface area contributed by atoms with Gasteiger partial charge in [0.15, 0.2) is 0 Å². The van der Waals surface area contributed by atoms with E-state index in [1.165, 1.54) is 16.2 Å². The standard InChI is InChI=1S/C22H24ClN3O2S/c1-14-13-15(23)6-7-17(14)26-21(27)19(18-5-4-12-29-18)20(22(26)28)25(3)16-8-10-24(2)11-9-16/h4-7,12-13,16H,8-11H2,1-3H3. The summed E-state index contributed by atoms with van der Waals surface area (Å²) in [6.07, 6.45) is 1.94. The average Bonchev–Trinajstić information content (AvgIpc) is 3.29. The molecular formula is C22H24ClN3O2S. The molecular weight excluding hydrogens is 406 g/mol. The Kier molecular flexibility index (Phi) is 5.51. The maximum atomic E-state index is 13.6. The van der Waals surface area contributed by atoms with E-state index in [0.29, 0.717) is 22.0 Å². The number of amides is 2. The van der Waals surface area contributed by atoms with E-state index >= 15 is 0 Å². The molecule has 0 aliphatic carbocycles. The number of rotatable bonds is 4. The molecule has 0 unspecified atom stereocenters. The minimum Gasteiger partial charge on any atom is -0.366 e. The van der Waals surface area contributed by atoms with Crippen LogP contribution in [0, 0.1) is 6.92 Å². The van der Waals surface area contributed by atoms with Gasteiger partial charge in [-0.25, -0.2) is 4.90 Å². The number of aryl methyl sites for hydroxylation is 1. The highest BCUT2D eigenvalue weighted by Gasteiger charge is 2.44. The Bertz CT molecular complexity index is 978. The Morgan fingerprint density at radius 3 is 2.48 bits per heavy atom. The number of anilines is 1. The molecule has 7 heteroatoms. The van der Waals surface area contributed by atoms with Gasteiger partial charge in [-0.2, -0.15) is 0 Å². The van der Waals surface area contributed by atoms with Crippen molar-refractivity contribution in [3.05, 3.63) is 56.9 Å². The summed E-state index contributed by atoms with van der Waals surface area (Å²) in [5.74, 6) is -0.525. The maximum absolute atomic E-state index is 13.6. The summed E-state index contributed by atoms with van der Waals surface area (Å²) in [5, 5.41) is 2.52. The van der Waals surface area contributed by atoms with E-state index in [1.807, 2.05) is 36.4 Å². The number of benzene rings is 1. The number of imide groups is 1. The molecule has 0 radical (unpaired) electrons. The van der Waals surface area contributed by atoms with Gasteiger partial charge in [0.05, 0.1) is 11.3 Å². The lowest BCUT2D eigenvalue weighted by molar-refractivity contribution is -0.120. The lowest BCUT2D eigenvalue weighted by Crippen LogP contribution is -2.43. The van der Waals surface area contributed by atoms with Crippen LogP contribution in [0.3, 0.4) is 0 Å². The van der Waals surface area contributed by atoms with Gasteiger partial charge in [0.1, 0.15) is 5.70 Å². The van der Waals surface area contributed by atoms with Gasteiger partial charge in [-0.1, -0.05) is 17.7 Å². The van der Waals surface area contributed by atoms with Crippen LogP contribution in [0.15, 0.2) is 41.4 Å². The predicted molar refractivity (Wildman–Crippen MR) is 118 cm³/mol. The Labute approximate surface area is 180 Å². The van der Waals surface area contributed by atoms with E-state index in [9.17, 15) is 9.59 Å². The molecule has 2 aromatic rings.